The number of nitrogens with zero attached hydrogens (tertiary/aromatic N) is 4. The molecule has 6 heteroatoms. The van der Waals surface area contributed by atoms with Crippen molar-refractivity contribution in [2.45, 2.75) is 19.0 Å². The Morgan fingerprint density at radius 2 is 2.18 bits per heavy atom. The number of benzene rings is 1. The summed E-state index contributed by atoms with van der Waals surface area (Å²) in [4.78, 5) is 11.5. The van der Waals surface area contributed by atoms with E-state index in [1.54, 1.807) is 4.68 Å². The van der Waals surface area contributed by atoms with Crippen LogP contribution in [0.4, 0.5) is 0 Å². The second-order valence-electron chi connectivity index (χ2n) is 4.00. The third-order valence-corrected chi connectivity index (χ3v) is 2.78. The van der Waals surface area contributed by atoms with Gasteiger partial charge in [-0.05, 0) is 16.0 Å². The van der Waals surface area contributed by atoms with Gasteiger partial charge in [-0.25, -0.2) is 4.68 Å². The predicted octanol–water partition coefficient (Wildman–Crippen LogP) is 0.0867. The fourth-order valence-corrected chi connectivity index (χ4v) is 2.01. The quantitative estimate of drug-likeness (QED) is 0.792. The number of nitrogens with one attached hydrogen (secondary N) is 1. The van der Waals surface area contributed by atoms with E-state index in [2.05, 4.69) is 20.8 Å². The summed E-state index contributed by atoms with van der Waals surface area (Å²) in [5.74, 6) is 0.666. The summed E-state index contributed by atoms with van der Waals surface area (Å²) in [6, 6.07) is 9.82. The Labute approximate surface area is 97.6 Å². The number of hydrogen-bond acceptors (Lipinski definition) is 4. The molecule has 2 aromatic rings. The summed E-state index contributed by atoms with van der Waals surface area (Å²) in [5, 5.41) is 14.3. The molecule has 0 saturated carbocycles. The van der Waals surface area contributed by atoms with Crippen molar-refractivity contribution < 1.29 is 4.79 Å². The zero-order valence-electron chi connectivity index (χ0n) is 9.08. The number of amides is 1. The maximum Gasteiger partial charge on any atom is 0.242 e. The zero-order valence-corrected chi connectivity index (χ0v) is 9.08. The molecule has 3 rings (SSSR count). The van der Waals surface area contributed by atoms with Crippen LogP contribution in [-0.4, -0.2) is 26.1 Å². The van der Waals surface area contributed by atoms with Gasteiger partial charge in [-0.1, -0.05) is 30.3 Å². The molecule has 1 N–H and O–H groups in total. The van der Waals surface area contributed by atoms with Crippen molar-refractivity contribution >= 4 is 5.91 Å². The summed E-state index contributed by atoms with van der Waals surface area (Å²) in [7, 11) is 0. The highest BCUT2D eigenvalue weighted by molar-refractivity contribution is 5.77. The summed E-state index contributed by atoms with van der Waals surface area (Å²) >= 11 is 0. The first kappa shape index (κ1) is 9.95. The standard InChI is InChI=1S/C11H11N5O/c17-10-7-16-11(13-14-15-16)9(12-10)6-8-4-2-1-3-5-8/h1-5,9H,6-7H2,(H,12,17). The fourth-order valence-electron chi connectivity index (χ4n) is 2.01. The Morgan fingerprint density at radius 3 is 3.00 bits per heavy atom. The summed E-state index contributed by atoms with van der Waals surface area (Å²) < 4.78 is 1.55. The van der Waals surface area contributed by atoms with Crippen molar-refractivity contribution in [3.8, 4) is 0 Å². The van der Waals surface area contributed by atoms with E-state index in [1.165, 1.54) is 0 Å². The van der Waals surface area contributed by atoms with Gasteiger partial charge in [-0.15, -0.1) is 5.10 Å². The highest BCUT2D eigenvalue weighted by Crippen LogP contribution is 2.18. The molecule has 0 bridgehead atoms. The van der Waals surface area contributed by atoms with Crippen LogP contribution in [0.1, 0.15) is 17.4 Å². The average Bonchev–Trinajstić information content (AvgIpc) is 2.78. The van der Waals surface area contributed by atoms with E-state index in [4.69, 9.17) is 0 Å². The first-order chi connectivity index (χ1) is 8.33. The molecule has 1 aliphatic rings. The number of hydrogen-bond donors (Lipinski definition) is 1. The molecule has 6 nitrogen and oxygen atoms in total. The van der Waals surface area contributed by atoms with E-state index >= 15 is 0 Å². The van der Waals surface area contributed by atoms with Crippen molar-refractivity contribution in [2.75, 3.05) is 0 Å². The lowest BCUT2D eigenvalue weighted by atomic mass is 10.0. The summed E-state index contributed by atoms with van der Waals surface area (Å²) in [6.45, 7) is 0.202. The summed E-state index contributed by atoms with van der Waals surface area (Å²) in [6.07, 6.45) is 0.701. The third-order valence-electron chi connectivity index (χ3n) is 2.78. The van der Waals surface area contributed by atoms with Crippen LogP contribution in [0.15, 0.2) is 30.3 Å². The van der Waals surface area contributed by atoms with E-state index < -0.39 is 0 Å². The maximum absolute atomic E-state index is 11.5. The van der Waals surface area contributed by atoms with E-state index in [1.807, 2.05) is 30.3 Å². The molecular formula is C11H11N5O. The van der Waals surface area contributed by atoms with E-state index in [0.29, 0.717) is 12.2 Å². The lowest BCUT2D eigenvalue weighted by Crippen LogP contribution is -2.40. The van der Waals surface area contributed by atoms with Crippen LogP contribution in [0.25, 0.3) is 0 Å². The SMILES string of the molecule is O=C1Cn2nnnc2C(Cc2ccccc2)N1. The van der Waals surface area contributed by atoms with Crippen molar-refractivity contribution in [2.24, 2.45) is 0 Å². The van der Waals surface area contributed by atoms with Crippen LogP contribution in [0.3, 0.4) is 0 Å². The first-order valence-electron chi connectivity index (χ1n) is 5.42. The molecule has 2 heterocycles. The molecule has 0 radical (unpaired) electrons. The number of aromatic nitrogens is 4. The van der Waals surface area contributed by atoms with Crippen LogP contribution in [0.5, 0.6) is 0 Å². The Hall–Kier alpha value is -2.24. The molecule has 0 saturated heterocycles. The Balaban J connectivity index is 1.88. The molecule has 1 aliphatic heterocycles. The molecule has 1 atom stereocenters. The molecule has 0 fully saturated rings. The van der Waals surface area contributed by atoms with E-state index in [-0.39, 0.29) is 18.5 Å². The zero-order chi connectivity index (χ0) is 11.7. The lowest BCUT2D eigenvalue weighted by Gasteiger charge is -2.22. The summed E-state index contributed by atoms with van der Waals surface area (Å²) in [5.41, 5.74) is 1.15. The van der Waals surface area contributed by atoms with Gasteiger partial charge >= 0.3 is 0 Å². The average molecular weight is 229 g/mol. The van der Waals surface area contributed by atoms with Crippen LogP contribution in [0.2, 0.25) is 0 Å². The van der Waals surface area contributed by atoms with Crippen molar-refractivity contribution in [3.63, 3.8) is 0 Å². The highest BCUT2D eigenvalue weighted by atomic mass is 16.2. The molecule has 0 aliphatic carbocycles. The maximum atomic E-state index is 11.5. The number of tetrazole rings is 1. The second-order valence-corrected chi connectivity index (χ2v) is 4.00. The molecule has 1 aromatic carbocycles. The smallest absolute Gasteiger partial charge is 0.242 e. The van der Waals surface area contributed by atoms with Gasteiger partial charge in [0.2, 0.25) is 5.91 Å². The van der Waals surface area contributed by atoms with Gasteiger partial charge in [-0.2, -0.15) is 0 Å². The van der Waals surface area contributed by atoms with Crippen LogP contribution in [0, 0.1) is 0 Å². The van der Waals surface area contributed by atoms with Crippen LogP contribution in [-0.2, 0) is 17.8 Å². The third kappa shape index (κ3) is 1.89. The van der Waals surface area contributed by atoms with Gasteiger partial charge in [0.1, 0.15) is 6.54 Å². The first-order valence-corrected chi connectivity index (χ1v) is 5.42. The molecular weight excluding hydrogens is 218 g/mol. The second kappa shape index (κ2) is 3.97. The number of rotatable bonds is 2. The highest BCUT2D eigenvalue weighted by Gasteiger charge is 2.27. The molecule has 1 unspecified atom stereocenters. The molecule has 17 heavy (non-hydrogen) atoms. The molecule has 86 valence electrons. The number of carbonyl (C=O) groups is 1. The lowest BCUT2D eigenvalue weighted by molar-refractivity contribution is -0.123. The fraction of sp³-hybridized carbons (Fsp3) is 0.273. The van der Waals surface area contributed by atoms with Gasteiger partial charge in [0.15, 0.2) is 5.82 Å². The minimum absolute atomic E-state index is 0.0502. The van der Waals surface area contributed by atoms with Gasteiger partial charge < -0.3 is 5.32 Å². The monoisotopic (exact) mass is 229 g/mol. The molecule has 1 aromatic heterocycles. The predicted molar refractivity (Wildman–Crippen MR) is 58.8 cm³/mol. The molecule has 1 amide bonds. The topological polar surface area (TPSA) is 72.7 Å². The van der Waals surface area contributed by atoms with E-state index in [9.17, 15) is 4.79 Å². The largest absolute Gasteiger partial charge is 0.344 e. The van der Waals surface area contributed by atoms with Gasteiger partial charge in [0, 0.05) is 6.42 Å². The van der Waals surface area contributed by atoms with Gasteiger partial charge in [0.25, 0.3) is 0 Å². The number of fused-ring (bicyclic) bond motifs is 1. The van der Waals surface area contributed by atoms with Crippen molar-refractivity contribution in [3.05, 3.63) is 41.7 Å². The minimum atomic E-state index is -0.145. The Bertz CT molecular complexity index is 536. The van der Waals surface area contributed by atoms with Crippen LogP contribution < -0.4 is 5.32 Å². The van der Waals surface area contributed by atoms with Gasteiger partial charge in [0.05, 0.1) is 6.04 Å². The Kier molecular flexibility index (Phi) is 2.32. The van der Waals surface area contributed by atoms with Crippen LogP contribution >= 0.6 is 0 Å². The minimum Gasteiger partial charge on any atom is -0.344 e. The molecule has 0 spiro atoms. The van der Waals surface area contributed by atoms with Crippen molar-refractivity contribution in [1.29, 1.82) is 0 Å². The van der Waals surface area contributed by atoms with Gasteiger partial charge in [-0.3, -0.25) is 4.79 Å². The van der Waals surface area contributed by atoms with Crippen molar-refractivity contribution in [1.82, 2.24) is 25.5 Å². The Morgan fingerprint density at radius 1 is 1.35 bits per heavy atom. The number of carbonyl (C=O) groups excluding carboxylic acids is 1. The van der Waals surface area contributed by atoms with E-state index in [0.717, 1.165) is 5.56 Å². The normalized spacial score (nSPS) is 18.6.